The summed E-state index contributed by atoms with van der Waals surface area (Å²) in [6.07, 6.45) is -0.773. The van der Waals surface area contributed by atoms with Gasteiger partial charge in [0.1, 0.15) is 11.7 Å². The van der Waals surface area contributed by atoms with Crippen molar-refractivity contribution in [2.24, 2.45) is 0 Å². The van der Waals surface area contributed by atoms with Crippen LogP contribution in [0.3, 0.4) is 0 Å². The number of benzene rings is 2. The van der Waals surface area contributed by atoms with Crippen LogP contribution in [0, 0.1) is 0 Å². The third-order valence-corrected chi connectivity index (χ3v) is 7.08. The third-order valence-electron chi connectivity index (χ3n) is 7.08. The smallest absolute Gasteiger partial charge is 0.328 e. The lowest BCUT2D eigenvalue weighted by Crippen LogP contribution is -2.60. The number of amides is 3. The van der Waals surface area contributed by atoms with Crippen LogP contribution in [0.15, 0.2) is 59.9 Å². The fourth-order valence-corrected chi connectivity index (χ4v) is 4.83. The summed E-state index contributed by atoms with van der Waals surface area (Å²) in [4.78, 5) is 54.1. The van der Waals surface area contributed by atoms with Crippen molar-refractivity contribution in [1.29, 1.82) is 0 Å². The van der Waals surface area contributed by atoms with Crippen molar-refractivity contribution in [3.8, 4) is 5.75 Å². The van der Waals surface area contributed by atoms with Crippen LogP contribution in [0.4, 0.5) is 10.5 Å². The summed E-state index contributed by atoms with van der Waals surface area (Å²) in [7, 11) is 3.11. The molecule has 40 heavy (non-hydrogen) atoms. The summed E-state index contributed by atoms with van der Waals surface area (Å²) in [6, 6.07) is 12.0. The van der Waals surface area contributed by atoms with E-state index in [4.69, 9.17) is 0 Å². The number of rotatable bonds is 8. The Balaban J connectivity index is 1.57. The molecule has 2 aromatic carbocycles. The zero-order valence-electron chi connectivity index (χ0n) is 22.5. The van der Waals surface area contributed by atoms with E-state index in [9.17, 15) is 34.5 Å². The SMILES string of the molecule is CCC(NC1=C(Nc2cccc(C(=O)N3CCN(C(=O)N(C)C)CC3C(=O)O)c2O)C(O)C1=O)c1ccccc1. The number of aromatic hydroxyl groups is 1. The molecule has 4 rings (SSSR count). The molecule has 0 bridgehead atoms. The standard InChI is InChI=1S/C28H33N5O7/c1-4-18(16-9-6-5-7-10-16)29-21-22(25(36)24(21)35)30-19-12-8-11-17(23(19)34)26(37)33-14-13-32(28(40)31(2)3)15-20(33)27(38)39/h5-12,18,20,25,29-30,34,36H,4,13-15H2,1-3H3,(H,38,39). The first kappa shape index (κ1) is 28.4. The van der Waals surface area contributed by atoms with Crippen molar-refractivity contribution in [1.82, 2.24) is 20.0 Å². The van der Waals surface area contributed by atoms with E-state index < -0.39 is 35.6 Å². The first-order valence-electron chi connectivity index (χ1n) is 12.9. The lowest BCUT2D eigenvalue weighted by molar-refractivity contribution is -0.144. The predicted molar refractivity (Wildman–Crippen MR) is 145 cm³/mol. The number of carboxylic acid groups (broad SMARTS) is 1. The van der Waals surface area contributed by atoms with Crippen molar-refractivity contribution < 1.29 is 34.5 Å². The maximum Gasteiger partial charge on any atom is 0.328 e. The number of aliphatic hydroxyl groups is 1. The average molecular weight is 552 g/mol. The molecule has 1 aliphatic heterocycles. The summed E-state index contributed by atoms with van der Waals surface area (Å²) in [5.74, 6) is -2.97. The number of hydrogen-bond donors (Lipinski definition) is 5. The zero-order valence-corrected chi connectivity index (χ0v) is 22.5. The molecule has 0 spiro atoms. The number of piperazine rings is 1. The number of carbonyl (C=O) groups is 4. The van der Waals surface area contributed by atoms with E-state index in [2.05, 4.69) is 10.6 Å². The highest BCUT2D eigenvalue weighted by molar-refractivity contribution is 6.09. The Morgan fingerprint density at radius 2 is 1.77 bits per heavy atom. The van der Waals surface area contributed by atoms with Crippen molar-refractivity contribution in [2.75, 3.05) is 39.0 Å². The number of anilines is 1. The molecule has 3 unspecified atom stereocenters. The largest absolute Gasteiger partial charge is 0.505 e. The van der Waals surface area contributed by atoms with Gasteiger partial charge < -0.3 is 40.7 Å². The van der Waals surface area contributed by atoms with Gasteiger partial charge in [-0.15, -0.1) is 0 Å². The molecule has 2 aromatic rings. The van der Waals surface area contributed by atoms with Crippen molar-refractivity contribution in [3.05, 3.63) is 71.1 Å². The molecule has 0 aromatic heterocycles. The molecule has 1 fully saturated rings. The Hall–Kier alpha value is -4.58. The number of ketones is 1. The molecule has 1 heterocycles. The number of carbonyl (C=O) groups excluding carboxylic acids is 3. The van der Waals surface area contributed by atoms with E-state index in [0.717, 1.165) is 10.5 Å². The molecule has 12 nitrogen and oxygen atoms in total. The molecule has 2 aliphatic rings. The highest BCUT2D eigenvalue weighted by atomic mass is 16.4. The van der Waals surface area contributed by atoms with E-state index in [0.29, 0.717) is 6.42 Å². The monoisotopic (exact) mass is 551 g/mol. The first-order valence-corrected chi connectivity index (χ1v) is 12.9. The molecule has 1 aliphatic carbocycles. The summed E-state index contributed by atoms with van der Waals surface area (Å²) in [6.45, 7) is 1.84. The zero-order chi connectivity index (χ0) is 29.1. The van der Waals surface area contributed by atoms with Gasteiger partial charge in [0.15, 0.2) is 11.9 Å². The molecule has 12 heteroatoms. The first-order chi connectivity index (χ1) is 19.0. The van der Waals surface area contributed by atoms with Crippen LogP contribution >= 0.6 is 0 Å². The van der Waals surface area contributed by atoms with Crippen molar-refractivity contribution in [3.63, 3.8) is 0 Å². The highest BCUT2D eigenvalue weighted by Gasteiger charge is 2.41. The number of nitrogens with zero attached hydrogens (tertiary/aromatic N) is 3. The Kier molecular flexibility index (Phi) is 8.29. The second-order valence-corrected chi connectivity index (χ2v) is 9.87. The molecule has 0 saturated carbocycles. The summed E-state index contributed by atoms with van der Waals surface area (Å²) in [5, 5.41) is 37.2. The van der Waals surface area contributed by atoms with Gasteiger partial charge in [-0.2, -0.15) is 0 Å². The van der Waals surface area contributed by atoms with Gasteiger partial charge in [-0.1, -0.05) is 43.3 Å². The van der Waals surface area contributed by atoms with Gasteiger partial charge in [0, 0.05) is 27.2 Å². The van der Waals surface area contributed by atoms with Crippen molar-refractivity contribution >= 4 is 29.4 Å². The number of hydrogen-bond acceptors (Lipinski definition) is 8. The molecule has 1 saturated heterocycles. The molecule has 0 radical (unpaired) electrons. The molecule has 5 N–H and O–H groups in total. The van der Waals surface area contributed by atoms with Gasteiger partial charge in [-0.05, 0) is 24.1 Å². The van der Waals surface area contributed by atoms with E-state index in [-0.39, 0.29) is 54.4 Å². The molecule has 212 valence electrons. The van der Waals surface area contributed by atoms with E-state index >= 15 is 0 Å². The third kappa shape index (κ3) is 5.43. The molecule has 3 atom stereocenters. The maximum atomic E-state index is 13.4. The molecular formula is C28H33N5O7. The average Bonchev–Trinajstić information content (AvgIpc) is 2.96. The van der Waals surface area contributed by atoms with Gasteiger partial charge in [0.2, 0.25) is 5.78 Å². The lowest BCUT2D eigenvalue weighted by atomic mass is 9.92. The minimum atomic E-state index is -1.44. The fraction of sp³-hybridized carbons (Fsp3) is 0.357. The Bertz CT molecular complexity index is 1340. The number of Topliss-reactive ketones (excluding diaryl/α,β-unsaturated/α-hetero) is 1. The van der Waals surface area contributed by atoms with Crippen molar-refractivity contribution in [2.45, 2.75) is 31.5 Å². The van der Waals surface area contributed by atoms with Gasteiger partial charge >= 0.3 is 12.0 Å². The van der Waals surface area contributed by atoms with Gasteiger partial charge in [-0.3, -0.25) is 9.59 Å². The maximum absolute atomic E-state index is 13.4. The minimum Gasteiger partial charge on any atom is -0.505 e. The minimum absolute atomic E-state index is 0.0448. The number of para-hydroxylation sites is 1. The molecule has 3 amide bonds. The van der Waals surface area contributed by atoms with Gasteiger partial charge in [0.05, 0.1) is 29.5 Å². The predicted octanol–water partition coefficient (Wildman–Crippen LogP) is 1.59. The summed E-state index contributed by atoms with van der Waals surface area (Å²) in [5.41, 5.74) is 1.19. The van der Waals surface area contributed by atoms with Gasteiger partial charge in [-0.25, -0.2) is 9.59 Å². The van der Waals surface area contributed by atoms with Crippen LogP contribution < -0.4 is 10.6 Å². The highest BCUT2D eigenvalue weighted by Crippen LogP contribution is 2.34. The van der Waals surface area contributed by atoms with Crippen LogP contribution in [-0.4, -0.2) is 99.6 Å². The number of aliphatic carboxylic acids is 1. The van der Waals surface area contributed by atoms with Crippen LogP contribution in [0.5, 0.6) is 5.75 Å². The Labute approximate surface area is 231 Å². The van der Waals surface area contributed by atoms with Crippen LogP contribution in [-0.2, 0) is 9.59 Å². The lowest BCUT2D eigenvalue weighted by Gasteiger charge is -2.40. The van der Waals surface area contributed by atoms with Gasteiger partial charge in [0.25, 0.3) is 5.91 Å². The molecular weight excluding hydrogens is 518 g/mol. The number of aliphatic hydroxyl groups excluding tert-OH is 1. The quantitative estimate of drug-likeness (QED) is 0.307. The normalized spacial score (nSPS) is 19.6. The van der Waals surface area contributed by atoms with E-state index in [1.165, 1.54) is 28.0 Å². The van der Waals surface area contributed by atoms with Crippen LogP contribution in [0.2, 0.25) is 0 Å². The summed E-state index contributed by atoms with van der Waals surface area (Å²) >= 11 is 0. The number of urea groups is 1. The topological polar surface area (TPSA) is 163 Å². The van der Waals surface area contributed by atoms with Crippen LogP contribution in [0.25, 0.3) is 0 Å². The number of phenolic OH excluding ortho intramolecular Hbond substituents is 1. The summed E-state index contributed by atoms with van der Waals surface area (Å²) < 4.78 is 0. The van der Waals surface area contributed by atoms with E-state index in [1.54, 1.807) is 14.1 Å². The number of phenols is 1. The van der Waals surface area contributed by atoms with Crippen LogP contribution in [0.1, 0.15) is 35.3 Å². The fourth-order valence-electron chi connectivity index (χ4n) is 4.83. The van der Waals surface area contributed by atoms with E-state index in [1.807, 2.05) is 37.3 Å². The Morgan fingerprint density at radius 1 is 1.07 bits per heavy atom. The second-order valence-electron chi connectivity index (χ2n) is 9.87. The Morgan fingerprint density at radius 3 is 2.40 bits per heavy atom. The second kappa shape index (κ2) is 11.7. The number of nitrogens with one attached hydrogen (secondary N) is 2. The number of carboxylic acids is 1.